The summed E-state index contributed by atoms with van der Waals surface area (Å²) in [5, 5.41) is 6.87. The van der Waals surface area contributed by atoms with Crippen LogP contribution < -0.4 is 0 Å². The average molecular weight is 320 g/mol. The van der Waals surface area contributed by atoms with Crippen molar-refractivity contribution in [3.8, 4) is 11.3 Å². The van der Waals surface area contributed by atoms with Crippen molar-refractivity contribution in [1.29, 1.82) is 0 Å². The molecule has 1 atom stereocenters. The summed E-state index contributed by atoms with van der Waals surface area (Å²) in [4.78, 5) is 18.9. The highest BCUT2D eigenvalue weighted by atomic mass is 16.2. The van der Waals surface area contributed by atoms with E-state index >= 15 is 0 Å². The van der Waals surface area contributed by atoms with E-state index in [1.807, 2.05) is 55.6 Å². The zero-order valence-electron chi connectivity index (χ0n) is 13.8. The van der Waals surface area contributed by atoms with Crippen LogP contribution in [0.4, 0.5) is 0 Å². The molecule has 3 aromatic rings. The third-order valence-corrected chi connectivity index (χ3v) is 4.15. The summed E-state index contributed by atoms with van der Waals surface area (Å²) in [6, 6.07) is 15.2. The van der Waals surface area contributed by atoms with E-state index in [1.54, 1.807) is 17.3 Å². The number of hydrogen-bond acceptors (Lipinski definition) is 3. The maximum absolute atomic E-state index is 12.8. The van der Waals surface area contributed by atoms with E-state index in [4.69, 9.17) is 0 Å². The summed E-state index contributed by atoms with van der Waals surface area (Å²) in [6.07, 6.45) is 4.28. The minimum absolute atomic E-state index is 0.0105. The predicted octanol–water partition coefficient (Wildman–Crippen LogP) is 3.70. The first-order valence-electron chi connectivity index (χ1n) is 7.98. The molecule has 1 aromatic carbocycles. The van der Waals surface area contributed by atoms with Gasteiger partial charge in [0.2, 0.25) is 0 Å². The van der Waals surface area contributed by atoms with Crippen LogP contribution in [-0.2, 0) is 0 Å². The van der Waals surface area contributed by atoms with Crippen LogP contribution in [-0.4, -0.2) is 33.0 Å². The van der Waals surface area contributed by atoms with Crippen molar-refractivity contribution >= 4 is 5.91 Å². The fourth-order valence-electron chi connectivity index (χ4n) is 2.81. The molecule has 3 rings (SSSR count). The number of nitrogens with one attached hydrogen (secondary N) is 1. The molecule has 2 heterocycles. The number of carbonyl (C=O) groups excluding carboxylic acids is 1. The maximum atomic E-state index is 12.8. The standard InChI is InChI=1S/C19H20N4O/c1-3-18(17-6-4-5-12-20-17)23(2)19(24)15-9-7-14(8-10-15)16-11-13-21-22-16/h4-13,18H,3H2,1-2H3,(H,21,22)/t18-/m0/s1. The Hall–Kier alpha value is -2.95. The Morgan fingerprint density at radius 1 is 1.12 bits per heavy atom. The molecule has 5 nitrogen and oxygen atoms in total. The Bertz CT molecular complexity index is 782. The van der Waals surface area contributed by atoms with Gasteiger partial charge in [-0.3, -0.25) is 14.9 Å². The summed E-state index contributed by atoms with van der Waals surface area (Å²) < 4.78 is 0. The van der Waals surface area contributed by atoms with Gasteiger partial charge in [0.05, 0.1) is 17.4 Å². The normalized spacial score (nSPS) is 11.9. The smallest absolute Gasteiger partial charge is 0.254 e. The van der Waals surface area contributed by atoms with Crippen LogP contribution in [0, 0.1) is 0 Å². The van der Waals surface area contributed by atoms with Gasteiger partial charge in [-0.2, -0.15) is 5.10 Å². The van der Waals surface area contributed by atoms with E-state index < -0.39 is 0 Å². The first-order valence-corrected chi connectivity index (χ1v) is 7.98. The van der Waals surface area contributed by atoms with Gasteiger partial charge in [-0.05, 0) is 42.3 Å². The number of nitrogens with zero attached hydrogens (tertiary/aromatic N) is 3. The fraction of sp³-hybridized carbons (Fsp3) is 0.211. The predicted molar refractivity (Wildman–Crippen MR) is 93.4 cm³/mol. The number of carbonyl (C=O) groups is 1. The highest BCUT2D eigenvalue weighted by molar-refractivity contribution is 5.94. The van der Waals surface area contributed by atoms with Crippen molar-refractivity contribution in [3.63, 3.8) is 0 Å². The molecule has 0 aliphatic rings. The summed E-state index contributed by atoms with van der Waals surface area (Å²) in [5.74, 6) is -0.0105. The van der Waals surface area contributed by atoms with E-state index in [9.17, 15) is 4.79 Å². The number of rotatable bonds is 5. The number of pyridine rings is 1. The van der Waals surface area contributed by atoms with Gasteiger partial charge in [-0.15, -0.1) is 0 Å². The third kappa shape index (κ3) is 3.20. The van der Waals surface area contributed by atoms with E-state index in [1.165, 1.54) is 0 Å². The van der Waals surface area contributed by atoms with Crippen molar-refractivity contribution in [2.24, 2.45) is 0 Å². The number of benzene rings is 1. The molecular formula is C19H20N4O. The largest absolute Gasteiger partial charge is 0.333 e. The number of aromatic amines is 1. The monoisotopic (exact) mass is 320 g/mol. The van der Waals surface area contributed by atoms with Crippen molar-refractivity contribution in [1.82, 2.24) is 20.1 Å². The van der Waals surface area contributed by atoms with Crippen LogP contribution >= 0.6 is 0 Å². The van der Waals surface area contributed by atoms with E-state index in [0.29, 0.717) is 5.56 Å². The van der Waals surface area contributed by atoms with Crippen molar-refractivity contribution < 1.29 is 4.79 Å². The quantitative estimate of drug-likeness (QED) is 0.780. The number of hydrogen-bond donors (Lipinski definition) is 1. The van der Waals surface area contributed by atoms with E-state index in [0.717, 1.165) is 23.4 Å². The molecule has 0 bridgehead atoms. The molecule has 0 saturated carbocycles. The van der Waals surface area contributed by atoms with Crippen LogP contribution in [0.1, 0.15) is 35.4 Å². The van der Waals surface area contributed by atoms with Gasteiger partial charge in [-0.25, -0.2) is 0 Å². The molecule has 2 aromatic heterocycles. The molecule has 0 fully saturated rings. The number of amides is 1. The van der Waals surface area contributed by atoms with E-state index in [-0.39, 0.29) is 11.9 Å². The first-order chi connectivity index (χ1) is 11.7. The van der Waals surface area contributed by atoms with Gasteiger partial charge in [0.15, 0.2) is 0 Å². The van der Waals surface area contributed by atoms with Crippen LogP contribution in [0.15, 0.2) is 60.9 Å². The van der Waals surface area contributed by atoms with E-state index in [2.05, 4.69) is 22.1 Å². The second-order valence-corrected chi connectivity index (χ2v) is 5.64. The van der Waals surface area contributed by atoms with Crippen LogP contribution in [0.3, 0.4) is 0 Å². The molecule has 0 unspecified atom stereocenters. The lowest BCUT2D eigenvalue weighted by atomic mass is 10.1. The average Bonchev–Trinajstić information content (AvgIpc) is 3.17. The zero-order chi connectivity index (χ0) is 16.9. The second kappa shape index (κ2) is 7.08. The van der Waals surface area contributed by atoms with Crippen LogP contribution in [0.2, 0.25) is 0 Å². The van der Waals surface area contributed by atoms with Crippen molar-refractivity contribution in [2.45, 2.75) is 19.4 Å². The molecule has 24 heavy (non-hydrogen) atoms. The molecule has 0 aliphatic heterocycles. The van der Waals surface area contributed by atoms with Gasteiger partial charge in [0.1, 0.15) is 0 Å². The van der Waals surface area contributed by atoms with Gasteiger partial charge in [0.25, 0.3) is 5.91 Å². The lowest BCUT2D eigenvalue weighted by Crippen LogP contribution is -2.31. The first kappa shape index (κ1) is 15.9. The zero-order valence-corrected chi connectivity index (χ0v) is 13.8. The Kier molecular flexibility index (Phi) is 4.70. The molecule has 122 valence electrons. The lowest BCUT2D eigenvalue weighted by Gasteiger charge is -2.27. The number of aromatic nitrogens is 3. The molecule has 0 saturated heterocycles. The minimum atomic E-state index is -0.0361. The van der Waals surface area contributed by atoms with Gasteiger partial charge in [-0.1, -0.05) is 25.1 Å². The third-order valence-electron chi connectivity index (χ3n) is 4.15. The maximum Gasteiger partial charge on any atom is 0.254 e. The van der Waals surface area contributed by atoms with Crippen molar-refractivity contribution in [3.05, 3.63) is 72.2 Å². The Morgan fingerprint density at radius 2 is 1.92 bits per heavy atom. The highest BCUT2D eigenvalue weighted by Gasteiger charge is 2.22. The Labute approximate surface area is 141 Å². The Morgan fingerprint density at radius 3 is 2.50 bits per heavy atom. The van der Waals surface area contributed by atoms with Crippen LogP contribution in [0.25, 0.3) is 11.3 Å². The molecule has 5 heteroatoms. The SMILES string of the molecule is CC[C@@H](c1ccccn1)N(C)C(=O)c1ccc(-c2ccn[nH]2)cc1. The minimum Gasteiger partial charge on any atom is -0.333 e. The van der Waals surface area contributed by atoms with Crippen molar-refractivity contribution in [2.75, 3.05) is 7.05 Å². The lowest BCUT2D eigenvalue weighted by molar-refractivity contribution is 0.0723. The van der Waals surface area contributed by atoms with Gasteiger partial charge in [0, 0.05) is 25.0 Å². The summed E-state index contributed by atoms with van der Waals surface area (Å²) >= 11 is 0. The highest BCUT2D eigenvalue weighted by Crippen LogP contribution is 2.23. The van der Waals surface area contributed by atoms with Gasteiger partial charge >= 0.3 is 0 Å². The van der Waals surface area contributed by atoms with Crippen LogP contribution in [0.5, 0.6) is 0 Å². The topological polar surface area (TPSA) is 61.9 Å². The summed E-state index contributed by atoms with van der Waals surface area (Å²) in [7, 11) is 1.83. The molecule has 0 spiro atoms. The fourth-order valence-corrected chi connectivity index (χ4v) is 2.81. The number of H-pyrrole nitrogens is 1. The summed E-state index contributed by atoms with van der Waals surface area (Å²) in [6.45, 7) is 2.06. The molecule has 0 radical (unpaired) electrons. The molecular weight excluding hydrogens is 300 g/mol. The molecule has 0 aliphatic carbocycles. The molecule has 1 amide bonds. The molecule has 1 N–H and O–H groups in total. The summed E-state index contributed by atoms with van der Waals surface area (Å²) in [5.41, 5.74) is 3.51. The van der Waals surface area contributed by atoms with Gasteiger partial charge < -0.3 is 4.90 Å². The second-order valence-electron chi connectivity index (χ2n) is 5.64. The Balaban J connectivity index is 1.80.